The number of esters is 1. The molecule has 0 aliphatic carbocycles. The number of aromatic nitrogens is 2. The highest BCUT2D eigenvalue weighted by atomic mass is 16.5. The Kier molecular flexibility index (Phi) is 3.33. The molecule has 0 saturated carbocycles. The summed E-state index contributed by atoms with van der Waals surface area (Å²) in [7, 11) is 3.01. The van der Waals surface area contributed by atoms with Crippen molar-refractivity contribution in [2.75, 3.05) is 13.7 Å². The second kappa shape index (κ2) is 4.77. The van der Waals surface area contributed by atoms with Crippen molar-refractivity contribution in [1.29, 1.82) is 0 Å². The molecule has 2 atom stereocenters. The average Bonchev–Trinajstić information content (AvgIpc) is 2.93. The molecule has 1 aromatic rings. The number of nitrogens with zero attached hydrogens (tertiary/aromatic N) is 3. The predicted molar refractivity (Wildman–Crippen MR) is 60.7 cm³/mol. The van der Waals surface area contributed by atoms with Gasteiger partial charge < -0.3 is 19.3 Å². The van der Waals surface area contributed by atoms with E-state index >= 15 is 0 Å². The molecule has 2 rings (SSSR count). The molecule has 1 saturated heterocycles. The quantitative estimate of drug-likeness (QED) is 0.695. The van der Waals surface area contributed by atoms with Gasteiger partial charge in [0.05, 0.1) is 19.5 Å². The minimum absolute atomic E-state index is 0.120. The number of amides is 1. The van der Waals surface area contributed by atoms with Crippen LogP contribution in [0, 0.1) is 0 Å². The zero-order valence-electron chi connectivity index (χ0n) is 10.2. The number of carbonyl (C=O) groups is 2. The molecular formula is C11H15N3O4. The number of hydrogen-bond donors (Lipinski definition) is 1. The Balaban J connectivity index is 2.20. The third kappa shape index (κ3) is 2.21. The van der Waals surface area contributed by atoms with Crippen molar-refractivity contribution in [2.45, 2.75) is 18.6 Å². The Morgan fingerprint density at radius 3 is 2.83 bits per heavy atom. The number of aliphatic hydroxyl groups is 1. The van der Waals surface area contributed by atoms with Gasteiger partial charge in [0, 0.05) is 26.2 Å². The first-order valence-electron chi connectivity index (χ1n) is 5.57. The summed E-state index contributed by atoms with van der Waals surface area (Å²) in [5.74, 6) is -0.890. The normalized spacial score (nSPS) is 23.2. The predicted octanol–water partition coefficient (Wildman–Crippen LogP) is -0.831. The Morgan fingerprint density at radius 1 is 1.56 bits per heavy atom. The molecule has 0 spiro atoms. The van der Waals surface area contributed by atoms with Crippen molar-refractivity contribution >= 4 is 11.9 Å². The molecule has 1 amide bonds. The lowest BCUT2D eigenvalue weighted by Crippen LogP contribution is -2.41. The zero-order chi connectivity index (χ0) is 13.3. The van der Waals surface area contributed by atoms with Gasteiger partial charge in [0.1, 0.15) is 11.7 Å². The van der Waals surface area contributed by atoms with Gasteiger partial charge in [-0.05, 0) is 0 Å². The molecule has 18 heavy (non-hydrogen) atoms. The molecule has 1 N–H and O–H groups in total. The Hall–Kier alpha value is -1.89. The highest BCUT2D eigenvalue weighted by Crippen LogP contribution is 2.21. The van der Waals surface area contributed by atoms with Gasteiger partial charge in [0.2, 0.25) is 0 Å². The lowest BCUT2D eigenvalue weighted by atomic mass is 10.2. The van der Waals surface area contributed by atoms with E-state index in [1.807, 2.05) is 0 Å². The van der Waals surface area contributed by atoms with E-state index in [-0.39, 0.29) is 24.6 Å². The van der Waals surface area contributed by atoms with E-state index in [9.17, 15) is 14.7 Å². The molecule has 0 aromatic carbocycles. The smallest absolute Gasteiger partial charge is 0.328 e. The molecular weight excluding hydrogens is 238 g/mol. The molecule has 1 aliphatic rings. The molecule has 98 valence electrons. The maximum Gasteiger partial charge on any atom is 0.328 e. The van der Waals surface area contributed by atoms with E-state index in [2.05, 4.69) is 9.72 Å². The minimum Gasteiger partial charge on any atom is -0.467 e. The van der Waals surface area contributed by atoms with Crippen LogP contribution >= 0.6 is 0 Å². The summed E-state index contributed by atoms with van der Waals surface area (Å²) in [5, 5.41) is 9.59. The van der Waals surface area contributed by atoms with Gasteiger partial charge in [-0.25, -0.2) is 9.78 Å². The van der Waals surface area contributed by atoms with Crippen LogP contribution in [0.5, 0.6) is 0 Å². The lowest BCUT2D eigenvalue weighted by Gasteiger charge is -2.21. The topological polar surface area (TPSA) is 84.7 Å². The number of likely N-dealkylation sites (tertiary alicyclic amines) is 1. The van der Waals surface area contributed by atoms with Crippen LogP contribution in [-0.2, 0) is 16.6 Å². The summed E-state index contributed by atoms with van der Waals surface area (Å²) in [4.78, 5) is 29.0. The molecule has 0 radical (unpaired) electrons. The van der Waals surface area contributed by atoms with Gasteiger partial charge in [0.15, 0.2) is 0 Å². The van der Waals surface area contributed by atoms with Crippen molar-refractivity contribution in [2.24, 2.45) is 7.05 Å². The first-order valence-corrected chi connectivity index (χ1v) is 5.57. The van der Waals surface area contributed by atoms with E-state index in [1.54, 1.807) is 17.8 Å². The monoisotopic (exact) mass is 253 g/mol. The fraction of sp³-hybridized carbons (Fsp3) is 0.545. The minimum atomic E-state index is -0.737. The number of rotatable bonds is 2. The number of hydrogen-bond acceptors (Lipinski definition) is 5. The number of β-amino-alcohol motifs (C(OH)–C–C–N with tert-alkyl or cyclic N) is 1. The molecule has 1 aliphatic heterocycles. The second-order valence-electron chi connectivity index (χ2n) is 4.31. The van der Waals surface area contributed by atoms with E-state index in [0.29, 0.717) is 0 Å². The number of methoxy groups -OCH3 is 1. The first kappa shape index (κ1) is 12.6. The Morgan fingerprint density at radius 2 is 2.28 bits per heavy atom. The first-order chi connectivity index (χ1) is 8.52. The number of aryl methyl sites for hydroxylation is 1. The molecule has 0 bridgehead atoms. The van der Waals surface area contributed by atoms with Crippen LogP contribution in [0.15, 0.2) is 12.5 Å². The van der Waals surface area contributed by atoms with Crippen LogP contribution < -0.4 is 0 Å². The summed E-state index contributed by atoms with van der Waals surface area (Å²) in [6.07, 6.45) is 2.57. The van der Waals surface area contributed by atoms with Crippen molar-refractivity contribution in [3.63, 3.8) is 0 Å². The van der Waals surface area contributed by atoms with Crippen LogP contribution in [0.3, 0.4) is 0 Å². The fourth-order valence-corrected chi connectivity index (χ4v) is 2.07. The standard InChI is InChI=1S/C11H15N3O4/c1-13-5-8(12-6-13)10(16)14-4-7(15)3-9(14)11(17)18-2/h5-7,9,15H,3-4H2,1-2H3. The molecule has 2 heterocycles. The highest BCUT2D eigenvalue weighted by molar-refractivity contribution is 5.95. The summed E-state index contributed by atoms with van der Waals surface area (Å²) in [6.45, 7) is 0.120. The second-order valence-corrected chi connectivity index (χ2v) is 4.31. The van der Waals surface area contributed by atoms with Crippen molar-refractivity contribution < 1.29 is 19.4 Å². The van der Waals surface area contributed by atoms with Crippen molar-refractivity contribution in [3.8, 4) is 0 Å². The summed E-state index contributed by atoms with van der Waals surface area (Å²) in [5.41, 5.74) is 0.250. The SMILES string of the molecule is COC(=O)C1CC(O)CN1C(=O)c1cn(C)cn1. The molecule has 7 nitrogen and oxygen atoms in total. The number of imidazole rings is 1. The Labute approximate surface area is 104 Å². The number of aliphatic hydroxyl groups excluding tert-OH is 1. The van der Waals surface area contributed by atoms with Gasteiger partial charge in [-0.3, -0.25) is 4.79 Å². The zero-order valence-corrected chi connectivity index (χ0v) is 10.2. The number of ether oxygens (including phenoxy) is 1. The summed E-state index contributed by atoms with van der Waals surface area (Å²) in [6, 6.07) is -0.737. The Bertz CT molecular complexity index is 471. The van der Waals surface area contributed by atoms with Gasteiger partial charge in [-0.2, -0.15) is 0 Å². The maximum absolute atomic E-state index is 12.2. The van der Waals surface area contributed by atoms with E-state index in [0.717, 1.165) is 0 Å². The number of carbonyl (C=O) groups excluding carboxylic acids is 2. The van der Waals surface area contributed by atoms with Crippen molar-refractivity contribution in [1.82, 2.24) is 14.5 Å². The van der Waals surface area contributed by atoms with E-state index in [1.165, 1.54) is 18.3 Å². The fourth-order valence-electron chi connectivity index (χ4n) is 2.07. The van der Waals surface area contributed by atoms with Crippen LogP contribution in [0.25, 0.3) is 0 Å². The maximum atomic E-state index is 12.2. The van der Waals surface area contributed by atoms with Gasteiger partial charge in [-0.1, -0.05) is 0 Å². The third-order valence-corrected chi connectivity index (χ3v) is 2.94. The van der Waals surface area contributed by atoms with Crippen LogP contribution in [-0.4, -0.2) is 57.2 Å². The van der Waals surface area contributed by atoms with Crippen molar-refractivity contribution in [3.05, 3.63) is 18.2 Å². The summed E-state index contributed by atoms with van der Waals surface area (Å²) < 4.78 is 6.28. The molecule has 2 unspecified atom stereocenters. The van der Waals surface area contributed by atoms with Gasteiger partial charge in [-0.15, -0.1) is 0 Å². The highest BCUT2D eigenvalue weighted by Gasteiger charge is 2.40. The largest absolute Gasteiger partial charge is 0.467 e. The molecule has 1 aromatic heterocycles. The van der Waals surface area contributed by atoms with Crippen LogP contribution in [0.2, 0.25) is 0 Å². The van der Waals surface area contributed by atoms with Crippen LogP contribution in [0.4, 0.5) is 0 Å². The molecule has 1 fully saturated rings. The third-order valence-electron chi connectivity index (χ3n) is 2.94. The van der Waals surface area contributed by atoms with E-state index in [4.69, 9.17) is 0 Å². The van der Waals surface area contributed by atoms with E-state index < -0.39 is 18.1 Å². The average molecular weight is 253 g/mol. The van der Waals surface area contributed by atoms with Crippen LogP contribution in [0.1, 0.15) is 16.9 Å². The molecule has 7 heteroatoms. The summed E-state index contributed by atoms with van der Waals surface area (Å²) >= 11 is 0. The van der Waals surface area contributed by atoms with Gasteiger partial charge >= 0.3 is 5.97 Å². The lowest BCUT2D eigenvalue weighted by molar-refractivity contribution is -0.145. The van der Waals surface area contributed by atoms with Gasteiger partial charge in [0.25, 0.3) is 5.91 Å².